The van der Waals surface area contributed by atoms with E-state index in [1.54, 1.807) is 12.1 Å². The first-order valence-electron chi connectivity index (χ1n) is 5.29. The average Bonchev–Trinajstić information content (AvgIpc) is 2.73. The van der Waals surface area contributed by atoms with Crippen molar-refractivity contribution in [1.29, 1.82) is 0 Å². The number of benzene rings is 1. The summed E-state index contributed by atoms with van der Waals surface area (Å²) in [5.74, 6) is 0.942. The molecule has 1 aliphatic heterocycles. The van der Waals surface area contributed by atoms with Gasteiger partial charge < -0.3 is 14.2 Å². The highest BCUT2D eigenvalue weighted by Crippen LogP contribution is 2.46. The fourth-order valence-electron chi connectivity index (χ4n) is 1.91. The summed E-state index contributed by atoms with van der Waals surface area (Å²) in [6.45, 7) is 3.65. The molecule has 1 aromatic carbocycles. The Kier molecular flexibility index (Phi) is 3.21. The molecule has 1 heterocycles. The van der Waals surface area contributed by atoms with E-state index in [0.29, 0.717) is 23.5 Å². The summed E-state index contributed by atoms with van der Waals surface area (Å²) in [7, 11) is -2.05. The molecule has 5 nitrogen and oxygen atoms in total. The van der Waals surface area contributed by atoms with Crippen LogP contribution in [0.2, 0.25) is 0 Å². The van der Waals surface area contributed by atoms with E-state index < -0.39 is 9.84 Å². The molecule has 18 heavy (non-hydrogen) atoms. The van der Waals surface area contributed by atoms with Gasteiger partial charge in [-0.2, -0.15) is 0 Å². The molecule has 0 N–H and O–H groups in total. The van der Waals surface area contributed by atoms with Crippen LogP contribution < -0.4 is 14.2 Å². The van der Waals surface area contributed by atoms with E-state index in [0.717, 1.165) is 6.26 Å². The van der Waals surface area contributed by atoms with Crippen molar-refractivity contribution in [2.24, 2.45) is 0 Å². The van der Waals surface area contributed by atoms with E-state index in [1.807, 2.05) is 0 Å². The second-order valence-electron chi connectivity index (χ2n) is 3.90. The van der Waals surface area contributed by atoms with E-state index in [4.69, 9.17) is 14.2 Å². The molecule has 0 radical (unpaired) electrons. The fraction of sp³-hybridized carbons (Fsp3) is 0.333. The highest BCUT2D eigenvalue weighted by molar-refractivity contribution is 7.91. The van der Waals surface area contributed by atoms with Gasteiger partial charge in [0.2, 0.25) is 6.79 Å². The van der Waals surface area contributed by atoms with Crippen molar-refractivity contribution in [1.82, 2.24) is 0 Å². The van der Waals surface area contributed by atoms with Gasteiger partial charge in [-0.05, 0) is 12.5 Å². The van der Waals surface area contributed by atoms with E-state index >= 15 is 0 Å². The Balaban J connectivity index is 2.78. The lowest BCUT2D eigenvalue weighted by Crippen LogP contribution is -2.05. The topological polar surface area (TPSA) is 61.8 Å². The van der Waals surface area contributed by atoms with Gasteiger partial charge >= 0.3 is 0 Å². The van der Waals surface area contributed by atoms with Gasteiger partial charge in [0.15, 0.2) is 26.2 Å². The zero-order valence-corrected chi connectivity index (χ0v) is 11.0. The summed E-state index contributed by atoms with van der Waals surface area (Å²) in [4.78, 5) is 0.0388. The average molecular weight is 270 g/mol. The molecule has 98 valence electrons. The maximum absolute atomic E-state index is 11.9. The molecule has 0 saturated carbocycles. The summed E-state index contributed by atoms with van der Waals surface area (Å²) in [6, 6.07) is 1.72. The Bertz CT molecular complexity index is 589. The van der Waals surface area contributed by atoms with Crippen molar-refractivity contribution in [2.45, 2.75) is 11.3 Å². The number of rotatable bonds is 4. The van der Waals surface area contributed by atoms with Crippen molar-refractivity contribution >= 4 is 9.84 Å². The first-order chi connectivity index (χ1) is 8.49. The second-order valence-corrected chi connectivity index (χ2v) is 5.85. The Morgan fingerprint density at radius 2 is 2.22 bits per heavy atom. The highest BCUT2D eigenvalue weighted by Gasteiger charge is 2.30. The zero-order valence-electron chi connectivity index (χ0n) is 10.2. The van der Waals surface area contributed by atoms with Crippen LogP contribution in [0.5, 0.6) is 17.2 Å². The number of ether oxygens (including phenoxy) is 3. The Morgan fingerprint density at radius 3 is 2.78 bits per heavy atom. The maximum atomic E-state index is 11.9. The van der Waals surface area contributed by atoms with Gasteiger partial charge in [-0.15, -0.1) is 6.58 Å². The number of hydrogen-bond acceptors (Lipinski definition) is 5. The Morgan fingerprint density at radius 1 is 1.50 bits per heavy atom. The van der Waals surface area contributed by atoms with E-state index in [1.165, 1.54) is 7.11 Å². The molecule has 0 amide bonds. The molecule has 0 aliphatic carbocycles. The number of hydrogen-bond donors (Lipinski definition) is 0. The summed E-state index contributed by atoms with van der Waals surface area (Å²) in [5, 5.41) is 0. The lowest BCUT2D eigenvalue weighted by Gasteiger charge is -2.13. The molecule has 0 fully saturated rings. The van der Waals surface area contributed by atoms with E-state index in [2.05, 4.69) is 6.58 Å². The van der Waals surface area contributed by atoms with Crippen molar-refractivity contribution in [3.63, 3.8) is 0 Å². The third kappa shape index (κ3) is 2.03. The van der Waals surface area contributed by atoms with Crippen molar-refractivity contribution in [2.75, 3.05) is 20.2 Å². The number of methoxy groups -OCH3 is 1. The molecule has 0 spiro atoms. The third-order valence-corrected chi connectivity index (χ3v) is 3.70. The van der Waals surface area contributed by atoms with E-state index in [9.17, 15) is 8.42 Å². The molecule has 2 rings (SSSR count). The van der Waals surface area contributed by atoms with Crippen molar-refractivity contribution < 1.29 is 22.6 Å². The largest absolute Gasteiger partial charge is 0.495 e. The summed E-state index contributed by atoms with van der Waals surface area (Å²) in [5.41, 5.74) is 0.706. The van der Waals surface area contributed by atoms with Crippen molar-refractivity contribution in [3.05, 3.63) is 24.3 Å². The van der Waals surface area contributed by atoms with Crippen LogP contribution in [0, 0.1) is 0 Å². The standard InChI is InChI=1S/C12H14O5S/c1-4-5-8-6-9-11(17-7-16-9)12(10(8)15-2)18(3,13)14/h4,6H,1,5,7H2,2-3H3. The molecular weight excluding hydrogens is 256 g/mol. The van der Waals surface area contributed by atoms with Crippen LogP contribution in [0.1, 0.15) is 5.56 Å². The smallest absolute Gasteiger partial charge is 0.231 e. The van der Waals surface area contributed by atoms with Crippen LogP contribution in [-0.2, 0) is 16.3 Å². The number of sulfone groups is 1. The molecule has 1 aliphatic rings. The van der Waals surface area contributed by atoms with Gasteiger partial charge in [0.05, 0.1) is 7.11 Å². The SMILES string of the molecule is C=CCc1cc2c(c(S(C)(=O)=O)c1OC)OCO2. The number of fused-ring (bicyclic) bond motifs is 1. The number of allylic oxidation sites excluding steroid dienone is 1. The second kappa shape index (κ2) is 4.53. The molecule has 0 atom stereocenters. The molecule has 0 saturated heterocycles. The molecule has 0 aromatic heterocycles. The van der Waals surface area contributed by atoms with Crippen LogP contribution in [0.15, 0.2) is 23.6 Å². The van der Waals surface area contributed by atoms with Crippen LogP contribution in [0.25, 0.3) is 0 Å². The fourth-order valence-corrected chi connectivity index (χ4v) is 2.96. The minimum absolute atomic E-state index is 0.0125. The first kappa shape index (κ1) is 12.8. The predicted molar refractivity (Wildman–Crippen MR) is 66.1 cm³/mol. The minimum atomic E-state index is -3.48. The molecule has 6 heteroatoms. The van der Waals surface area contributed by atoms with Crippen LogP contribution in [-0.4, -0.2) is 28.6 Å². The van der Waals surface area contributed by atoms with E-state index in [-0.39, 0.29) is 17.4 Å². The van der Waals surface area contributed by atoms with Crippen LogP contribution >= 0.6 is 0 Å². The van der Waals surface area contributed by atoms with Gasteiger partial charge in [0.1, 0.15) is 5.75 Å². The lowest BCUT2D eigenvalue weighted by molar-refractivity contribution is 0.171. The highest BCUT2D eigenvalue weighted by atomic mass is 32.2. The Hall–Kier alpha value is -1.69. The predicted octanol–water partition coefficient (Wildman–Crippen LogP) is 1.56. The Labute approximate surface area is 106 Å². The normalized spacial score (nSPS) is 13.4. The van der Waals surface area contributed by atoms with Crippen LogP contribution in [0.4, 0.5) is 0 Å². The molecular formula is C12H14O5S. The third-order valence-electron chi connectivity index (χ3n) is 2.59. The monoisotopic (exact) mass is 270 g/mol. The van der Waals surface area contributed by atoms with Crippen molar-refractivity contribution in [3.8, 4) is 17.2 Å². The molecule has 1 aromatic rings. The van der Waals surface area contributed by atoms with Gasteiger partial charge in [-0.1, -0.05) is 6.08 Å². The summed E-state index contributed by atoms with van der Waals surface area (Å²) in [6.07, 6.45) is 3.28. The zero-order chi connectivity index (χ0) is 13.3. The summed E-state index contributed by atoms with van der Waals surface area (Å²) >= 11 is 0. The van der Waals surface area contributed by atoms with Crippen LogP contribution in [0.3, 0.4) is 0 Å². The summed E-state index contributed by atoms with van der Waals surface area (Å²) < 4.78 is 39.5. The quantitative estimate of drug-likeness (QED) is 0.777. The molecule has 0 bridgehead atoms. The maximum Gasteiger partial charge on any atom is 0.231 e. The van der Waals surface area contributed by atoms with Gasteiger partial charge in [-0.25, -0.2) is 8.42 Å². The minimum Gasteiger partial charge on any atom is -0.495 e. The first-order valence-corrected chi connectivity index (χ1v) is 7.18. The van der Waals surface area contributed by atoms with Gasteiger partial charge in [-0.3, -0.25) is 0 Å². The lowest BCUT2D eigenvalue weighted by atomic mass is 10.1. The molecule has 0 unspecified atom stereocenters. The van der Waals surface area contributed by atoms with Gasteiger partial charge in [0.25, 0.3) is 0 Å². The van der Waals surface area contributed by atoms with Gasteiger partial charge in [0, 0.05) is 11.8 Å².